The van der Waals surface area contributed by atoms with Crippen LogP contribution in [0.25, 0.3) is 0 Å². The second-order valence-corrected chi connectivity index (χ2v) is 12.3. The van der Waals surface area contributed by atoms with Crippen molar-refractivity contribution < 1.29 is 28.7 Å². The van der Waals surface area contributed by atoms with Crippen molar-refractivity contribution in [2.24, 2.45) is 29.1 Å². The smallest absolute Gasteiger partial charge is 0.407 e. The van der Waals surface area contributed by atoms with Crippen LogP contribution in [0.5, 0.6) is 0 Å². The zero-order chi connectivity index (χ0) is 28.9. The fraction of sp³-hybridized carbons (Fsp3) is 0.759. The van der Waals surface area contributed by atoms with Gasteiger partial charge in [-0.25, -0.2) is 4.79 Å². The standard InChI is InChI=1S/C29H46N4O6/c1-7-11-20(24(34)26(36)30-14-8-2)31-25(35)23-21-19(29(21,5)6)15-33(23)27(37)22(18-12-9-10-13-18)32-28(38)39-16-17(3)4/h8,17-23H,2,7,9-16H2,1,3-6H3,(H,30,36)(H,31,35)(H,32,38). The maximum Gasteiger partial charge on any atom is 0.407 e. The van der Waals surface area contributed by atoms with Gasteiger partial charge in [-0.1, -0.05) is 60.0 Å². The lowest BCUT2D eigenvalue weighted by molar-refractivity contribution is -0.144. The average molecular weight is 547 g/mol. The van der Waals surface area contributed by atoms with Crippen LogP contribution in [0.1, 0.15) is 73.1 Å². The topological polar surface area (TPSA) is 134 Å². The minimum absolute atomic E-state index is 0.0271. The number of amides is 4. The molecule has 1 saturated heterocycles. The summed E-state index contributed by atoms with van der Waals surface area (Å²) in [6, 6.07) is -2.54. The number of piperidine rings is 1. The fourth-order valence-corrected chi connectivity index (χ4v) is 6.30. The molecule has 39 heavy (non-hydrogen) atoms. The van der Waals surface area contributed by atoms with Gasteiger partial charge in [-0.3, -0.25) is 19.2 Å². The summed E-state index contributed by atoms with van der Waals surface area (Å²) in [4.78, 5) is 67.1. The van der Waals surface area contributed by atoms with Crippen molar-refractivity contribution in [3.8, 4) is 0 Å². The van der Waals surface area contributed by atoms with Crippen molar-refractivity contribution in [1.82, 2.24) is 20.9 Å². The van der Waals surface area contributed by atoms with Gasteiger partial charge in [0, 0.05) is 13.1 Å². The van der Waals surface area contributed by atoms with Crippen LogP contribution in [0.4, 0.5) is 4.79 Å². The first-order valence-electron chi connectivity index (χ1n) is 14.4. The number of nitrogens with zero attached hydrogens (tertiary/aromatic N) is 1. The van der Waals surface area contributed by atoms with E-state index < -0.39 is 41.8 Å². The van der Waals surface area contributed by atoms with Crippen molar-refractivity contribution in [1.29, 1.82) is 0 Å². The molecule has 0 bridgehead atoms. The van der Waals surface area contributed by atoms with E-state index in [9.17, 15) is 24.0 Å². The predicted octanol–water partition coefficient (Wildman–Crippen LogP) is 2.57. The number of alkyl carbamates (subject to hydrolysis) is 1. The minimum atomic E-state index is -0.986. The molecule has 5 unspecified atom stereocenters. The second kappa shape index (κ2) is 13.0. The maximum absolute atomic E-state index is 14.0. The minimum Gasteiger partial charge on any atom is -0.449 e. The molecule has 3 aliphatic rings. The van der Waals surface area contributed by atoms with Gasteiger partial charge in [0.25, 0.3) is 5.91 Å². The number of hydrogen-bond donors (Lipinski definition) is 3. The lowest BCUT2D eigenvalue weighted by atomic mass is 9.94. The molecule has 2 saturated carbocycles. The number of likely N-dealkylation sites (tertiary alicyclic amines) is 1. The Morgan fingerprint density at radius 1 is 1.10 bits per heavy atom. The summed E-state index contributed by atoms with van der Waals surface area (Å²) in [6.07, 6.45) is 5.33. The van der Waals surface area contributed by atoms with Gasteiger partial charge in [-0.2, -0.15) is 0 Å². The monoisotopic (exact) mass is 546 g/mol. The number of ketones is 1. The summed E-state index contributed by atoms with van der Waals surface area (Å²) < 4.78 is 5.32. The Kier molecular flexibility index (Phi) is 10.2. The molecule has 0 aromatic heterocycles. The zero-order valence-corrected chi connectivity index (χ0v) is 24.1. The molecule has 10 nitrogen and oxygen atoms in total. The number of ether oxygens (including phenoxy) is 1. The first kappa shape index (κ1) is 30.6. The predicted molar refractivity (Wildman–Crippen MR) is 146 cm³/mol. The summed E-state index contributed by atoms with van der Waals surface area (Å²) in [5, 5.41) is 8.09. The lowest BCUT2D eigenvalue weighted by Gasteiger charge is -2.35. The summed E-state index contributed by atoms with van der Waals surface area (Å²) in [5.41, 5.74) is -0.128. The maximum atomic E-state index is 14.0. The molecule has 1 aliphatic heterocycles. The highest BCUT2D eigenvalue weighted by atomic mass is 16.5. The first-order chi connectivity index (χ1) is 18.4. The number of Topliss-reactive ketones (excluding diaryl/α,β-unsaturated/α-hetero) is 1. The molecular formula is C29H46N4O6. The van der Waals surface area contributed by atoms with E-state index in [2.05, 4.69) is 36.4 Å². The Labute approximate surface area is 232 Å². The number of rotatable bonds is 13. The van der Waals surface area contributed by atoms with E-state index in [1.54, 1.807) is 4.90 Å². The van der Waals surface area contributed by atoms with Crippen LogP contribution >= 0.6 is 0 Å². The van der Waals surface area contributed by atoms with Crippen LogP contribution in [-0.2, 0) is 23.9 Å². The fourth-order valence-electron chi connectivity index (χ4n) is 6.30. The number of carbonyl (C=O) groups excluding carboxylic acids is 5. The van der Waals surface area contributed by atoms with Gasteiger partial charge in [-0.15, -0.1) is 6.58 Å². The molecule has 0 spiro atoms. The van der Waals surface area contributed by atoms with Crippen molar-refractivity contribution in [2.45, 2.75) is 91.3 Å². The molecule has 4 amide bonds. The Bertz CT molecular complexity index is 957. The largest absolute Gasteiger partial charge is 0.449 e. The molecule has 3 rings (SSSR count). The number of fused-ring (bicyclic) bond motifs is 1. The van der Waals surface area contributed by atoms with Crippen LogP contribution in [0.2, 0.25) is 0 Å². The summed E-state index contributed by atoms with van der Waals surface area (Å²) in [6.45, 7) is 14.3. The highest BCUT2D eigenvalue weighted by Gasteiger charge is 2.69. The molecule has 0 aromatic rings. The summed E-state index contributed by atoms with van der Waals surface area (Å²) in [5.74, 6) is -1.99. The van der Waals surface area contributed by atoms with Crippen LogP contribution in [0.15, 0.2) is 12.7 Å². The van der Waals surface area contributed by atoms with Crippen molar-refractivity contribution in [3.63, 3.8) is 0 Å². The van der Waals surface area contributed by atoms with Gasteiger partial charge >= 0.3 is 6.09 Å². The first-order valence-corrected chi connectivity index (χ1v) is 14.4. The van der Waals surface area contributed by atoms with Gasteiger partial charge in [0.05, 0.1) is 12.6 Å². The zero-order valence-electron chi connectivity index (χ0n) is 24.1. The number of carbonyl (C=O) groups is 5. The lowest BCUT2D eigenvalue weighted by Crippen LogP contribution is -2.59. The average Bonchev–Trinajstić information content (AvgIpc) is 3.35. The van der Waals surface area contributed by atoms with Gasteiger partial charge in [-0.05, 0) is 48.3 Å². The molecule has 5 atom stereocenters. The SMILES string of the molecule is C=CCNC(=O)C(=O)C(CCC)NC(=O)C1C2C(CN1C(=O)C(NC(=O)OCC(C)C)C1CCCC1)C2(C)C. The van der Waals surface area contributed by atoms with E-state index in [-0.39, 0.29) is 48.1 Å². The van der Waals surface area contributed by atoms with E-state index in [0.29, 0.717) is 19.4 Å². The molecule has 3 N–H and O–H groups in total. The van der Waals surface area contributed by atoms with Gasteiger partial charge in [0.15, 0.2) is 0 Å². The van der Waals surface area contributed by atoms with E-state index >= 15 is 0 Å². The van der Waals surface area contributed by atoms with E-state index in [1.807, 2.05) is 20.8 Å². The normalized spacial score (nSPS) is 24.9. The Morgan fingerprint density at radius 2 is 1.77 bits per heavy atom. The molecule has 2 aliphatic carbocycles. The molecule has 3 fully saturated rings. The number of hydrogen-bond acceptors (Lipinski definition) is 6. The van der Waals surface area contributed by atoms with Crippen molar-refractivity contribution in [2.75, 3.05) is 19.7 Å². The third kappa shape index (κ3) is 7.00. The highest BCUT2D eigenvalue weighted by Crippen LogP contribution is 2.65. The van der Waals surface area contributed by atoms with Crippen LogP contribution in [0.3, 0.4) is 0 Å². The third-order valence-corrected chi connectivity index (χ3v) is 8.56. The third-order valence-electron chi connectivity index (χ3n) is 8.56. The van der Waals surface area contributed by atoms with E-state index in [4.69, 9.17) is 4.74 Å². The molecule has 10 heteroatoms. The quantitative estimate of drug-likeness (QED) is 0.240. The van der Waals surface area contributed by atoms with Crippen LogP contribution in [-0.4, -0.2) is 72.3 Å². The second-order valence-electron chi connectivity index (χ2n) is 12.3. The molecular weight excluding hydrogens is 500 g/mol. The van der Waals surface area contributed by atoms with Crippen LogP contribution < -0.4 is 16.0 Å². The Balaban J connectivity index is 1.80. The van der Waals surface area contributed by atoms with Crippen molar-refractivity contribution in [3.05, 3.63) is 12.7 Å². The van der Waals surface area contributed by atoms with Crippen molar-refractivity contribution >= 4 is 29.6 Å². The Hall–Kier alpha value is -2.91. The summed E-state index contributed by atoms with van der Waals surface area (Å²) in [7, 11) is 0. The van der Waals surface area contributed by atoms with Gasteiger partial charge in [0.2, 0.25) is 17.6 Å². The van der Waals surface area contributed by atoms with E-state index in [0.717, 1.165) is 25.7 Å². The number of nitrogens with one attached hydrogen (secondary N) is 3. The van der Waals surface area contributed by atoms with E-state index in [1.165, 1.54) is 6.08 Å². The van der Waals surface area contributed by atoms with Crippen LogP contribution in [0, 0.1) is 29.1 Å². The molecule has 218 valence electrons. The van der Waals surface area contributed by atoms with Gasteiger partial charge < -0.3 is 25.6 Å². The molecule has 1 heterocycles. The molecule has 0 radical (unpaired) electrons. The highest BCUT2D eigenvalue weighted by molar-refractivity contribution is 6.38. The Morgan fingerprint density at radius 3 is 2.36 bits per heavy atom. The molecule has 0 aromatic carbocycles. The summed E-state index contributed by atoms with van der Waals surface area (Å²) >= 11 is 0. The van der Waals surface area contributed by atoms with Gasteiger partial charge in [0.1, 0.15) is 12.1 Å².